The lowest BCUT2D eigenvalue weighted by Crippen LogP contribution is -2.17. The van der Waals surface area contributed by atoms with E-state index in [1.165, 1.54) is 6.08 Å². The van der Waals surface area contributed by atoms with Crippen LogP contribution in [0.15, 0.2) is 28.7 Å². The topological polar surface area (TPSA) is 80.7 Å². The highest BCUT2D eigenvalue weighted by Crippen LogP contribution is 2.30. The number of sulfone groups is 1. The standard InChI is InChI=1S/C14H17BrO5S/c1-2-9-21(18,19)10-8-20-14-11(6-7-13(16)17)4-3-5-12(14)15/h3-7H,2,8-10H2,1H3,(H,16,17)/b7-6+. The first-order valence-corrected chi connectivity index (χ1v) is 9.00. The summed E-state index contributed by atoms with van der Waals surface area (Å²) >= 11 is 3.31. The van der Waals surface area contributed by atoms with Crippen molar-refractivity contribution < 1.29 is 23.1 Å². The highest BCUT2D eigenvalue weighted by Gasteiger charge is 2.11. The van der Waals surface area contributed by atoms with E-state index >= 15 is 0 Å². The zero-order valence-corrected chi connectivity index (χ0v) is 14.0. The average Bonchev–Trinajstić information content (AvgIpc) is 2.38. The third-order valence-corrected chi connectivity index (χ3v) is 5.00. The predicted molar refractivity (Wildman–Crippen MR) is 85.3 cm³/mol. The number of hydrogen-bond acceptors (Lipinski definition) is 4. The monoisotopic (exact) mass is 376 g/mol. The van der Waals surface area contributed by atoms with Crippen LogP contribution in [-0.4, -0.2) is 37.6 Å². The Bertz CT molecular complexity index is 622. The SMILES string of the molecule is CCCS(=O)(=O)CCOc1c(Br)cccc1/C=C/C(=O)O. The van der Waals surface area contributed by atoms with E-state index in [4.69, 9.17) is 9.84 Å². The summed E-state index contributed by atoms with van der Waals surface area (Å²) in [7, 11) is -3.11. The summed E-state index contributed by atoms with van der Waals surface area (Å²) in [5.74, 6) is -0.560. The average molecular weight is 377 g/mol. The van der Waals surface area contributed by atoms with E-state index in [-0.39, 0.29) is 18.1 Å². The Balaban J connectivity index is 2.81. The zero-order valence-electron chi connectivity index (χ0n) is 11.6. The van der Waals surface area contributed by atoms with Gasteiger partial charge in [0.15, 0.2) is 9.84 Å². The molecule has 0 aromatic heterocycles. The van der Waals surface area contributed by atoms with Crippen LogP contribution in [0.25, 0.3) is 6.08 Å². The van der Waals surface area contributed by atoms with Gasteiger partial charge in [-0.05, 0) is 34.5 Å². The van der Waals surface area contributed by atoms with Crippen molar-refractivity contribution in [2.24, 2.45) is 0 Å². The first-order valence-electron chi connectivity index (χ1n) is 6.38. The van der Waals surface area contributed by atoms with Crippen molar-refractivity contribution in [3.63, 3.8) is 0 Å². The minimum Gasteiger partial charge on any atom is -0.491 e. The Morgan fingerprint density at radius 3 is 2.71 bits per heavy atom. The van der Waals surface area contributed by atoms with Crippen LogP contribution in [-0.2, 0) is 14.6 Å². The molecule has 0 heterocycles. The minimum absolute atomic E-state index is 0.0266. The number of carbonyl (C=O) groups is 1. The van der Waals surface area contributed by atoms with Crippen molar-refractivity contribution in [2.45, 2.75) is 13.3 Å². The van der Waals surface area contributed by atoms with E-state index in [1.54, 1.807) is 25.1 Å². The van der Waals surface area contributed by atoms with Crippen molar-refractivity contribution in [3.05, 3.63) is 34.3 Å². The number of benzene rings is 1. The molecular weight excluding hydrogens is 360 g/mol. The molecule has 1 N–H and O–H groups in total. The Labute approximate surface area is 132 Å². The minimum atomic E-state index is -3.11. The van der Waals surface area contributed by atoms with E-state index in [0.717, 1.165) is 6.08 Å². The molecule has 21 heavy (non-hydrogen) atoms. The van der Waals surface area contributed by atoms with Gasteiger partial charge < -0.3 is 9.84 Å². The number of para-hydroxylation sites is 1. The second kappa shape index (κ2) is 8.19. The van der Waals surface area contributed by atoms with Gasteiger partial charge in [-0.3, -0.25) is 0 Å². The molecule has 0 fully saturated rings. The van der Waals surface area contributed by atoms with Gasteiger partial charge in [0.1, 0.15) is 12.4 Å². The second-order valence-electron chi connectivity index (χ2n) is 4.33. The normalized spacial score (nSPS) is 11.7. The molecule has 5 nitrogen and oxygen atoms in total. The zero-order chi connectivity index (χ0) is 15.9. The van der Waals surface area contributed by atoms with Gasteiger partial charge in [0.2, 0.25) is 0 Å². The molecule has 0 aliphatic heterocycles. The van der Waals surface area contributed by atoms with Gasteiger partial charge in [-0.15, -0.1) is 0 Å². The van der Waals surface area contributed by atoms with Crippen molar-refractivity contribution in [1.82, 2.24) is 0 Å². The summed E-state index contributed by atoms with van der Waals surface area (Å²) in [6.07, 6.45) is 2.98. The summed E-state index contributed by atoms with van der Waals surface area (Å²) in [5, 5.41) is 8.66. The molecule has 0 saturated carbocycles. The van der Waals surface area contributed by atoms with Gasteiger partial charge in [0, 0.05) is 11.6 Å². The quantitative estimate of drug-likeness (QED) is 0.705. The number of hydrogen-bond donors (Lipinski definition) is 1. The highest BCUT2D eigenvalue weighted by molar-refractivity contribution is 9.10. The van der Waals surface area contributed by atoms with E-state index in [1.807, 2.05) is 0 Å². The van der Waals surface area contributed by atoms with Gasteiger partial charge >= 0.3 is 5.97 Å². The molecule has 0 bridgehead atoms. The van der Waals surface area contributed by atoms with Crippen LogP contribution in [0.2, 0.25) is 0 Å². The fraction of sp³-hybridized carbons (Fsp3) is 0.357. The predicted octanol–water partition coefficient (Wildman–Crippen LogP) is 2.75. The van der Waals surface area contributed by atoms with Crippen LogP contribution in [0.5, 0.6) is 5.75 Å². The summed E-state index contributed by atoms with van der Waals surface area (Å²) < 4.78 is 29.4. The molecule has 7 heteroatoms. The lowest BCUT2D eigenvalue weighted by atomic mass is 10.2. The van der Waals surface area contributed by atoms with Crippen LogP contribution in [0.3, 0.4) is 0 Å². The molecule has 0 radical (unpaired) electrons. The molecule has 1 rings (SSSR count). The lowest BCUT2D eigenvalue weighted by molar-refractivity contribution is -0.131. The molecule has 0 amide bonds. The lowest BCUT2D eigenvalue weighted by Gasteiger charge is -2.11. The Morgan fingerprint density at radius 1 is 1.38 bits per heavy atom. The van der Waals surface area contributed by atoms with Crippen LogP contribution < -0.4 is 4.74 Å². The van der Waals surface area contributed by atoms with Gasteiger partial charge in [0.25, 0.3) is 0 Å². The number of halogens is 1. The van der Waals surface area contributed by atoms with E-state index < -0.39 is 15.8 Å². The second-order valence-corrected chi connectivity index (χ2v) is 7.49. The van der Waals surface area contributed by atoms with E-state index in [0.29, 0.717) is 22.2 Å². The third kappa shape index (κ3) is 6.31. The maximum absolute atomic E-state index is 11.6. The Kier molecular flexibility index (Phi) is 6.91. The molecular formula is C14H17BrO5S. The Hall–Kier alpha value is -1.34. The van der Waals surface area contributed by atoms with Gasteiger partial charge in [-0.1, -0.05) is 19.1 Å². The molecule has 0 aliphatic rings. The molecule has 1 aromatic rings. The molecule has 0 unspecified atom stereocenters. The fourth-order valence-electron chi connectivity index (χ4n) is 1.65. The van der Waals surface area contributed by atoms with Crippen molar-refractivity contribution in [2.75, 3.05) is 18.1 Å². The first-order chi connectivity index (χ1) is 9.85. The van der Waals surface area contributed by atoms with Crippen molar-refractivity contribution in [1.29, 1.82) is 0 Å². The molecule has 116 valence electrons. The van der Waals surface area contributed by atoms with Crippen LogP contribution in [0, 0.1) is 0 Å². The third-order valence-electron chi connectivity index (χ3n) is 2.56. The fourth-order valence-corrected chi connectivity index (χ4v) is 3.31. The number of ether oxygens (including phenoxy) is 1. The number of carboxylic acids is 1. The van der Waals surface area contributed by atoms with Gasteiger partial charge in [0.05, 0.1) is 16.0 Å². The first kappa shape index (κ1) is 17.7. The maximum Gasteiger partial charge on any atom is 0.328 e. The molecule has 0 saturated heterocycles. The van der Waals surface area contributed by atoms with Crippen molar-refractivity contribution >= 4 is 37.8 Å². The van der Waals surface area contributed by atoms with E-state index in [9.17, 15) is 13.2 Å². The number of rotatable bonds is 8. The highest BCUT2D eigenvalue weighted by atomic mass is 79.9. The molecule has 0 atom stereocenters. The van der Waals surface area contributed by atoms with Crippen LogP contribution >= 0.6 is 15.9 Å². The number of aliphatic carboxylic acids is 1. The summed E-state index contributed by atoms with van der Waals surface area (Å²) in [4.78, 5) is 10.6. The molecule has 0 aliphatic carbocycles. The van der Waals surface area contributed by atoms with Crippen LogP contribution in [0.4, 0.5) is 0 Å². The summed E-state index contributed by atoms with van der Waals surface area (Å²) in [6, 6.07) is 5.18. The number of carboxylic acid groups (broad SMARTS) is 1. The van der Waals surface area contributed by atoms with Crippen LogP contribution in [0.1, 0.15) is 18.9 Å². The molecule has 1 aromatic carbocycles. The maximum atomic E-state index is 11.6. The van der Waals surface area contributed by atoms with Crippen molar-refractivity contribution in [3.8, 4) is 5.75 Å². The largest absolute Gasteiger partial charge is 0.491 e. The van der Waals surface area contributed by atoms with Gasteiger partial charge in [-0.2, -0.15) is 0 Å². The van der Waals surface area contributed by atoms with Gasteiger partial charge in [-0.25, -0.2) is 13.2 Å². The smallest absolute Gasteiger partial charge is 0.328 e. The summed E-state index contributed by atoms with van der Waals surface area (Å²) in [6.45, 7) is 1.83. The summed E-state index contributed by atoms with van der Waals surface area (Å²) in [5.41, 5.74) is 0.569. The molecule has 0 spiro atoms. The Morgan fingerprint density at radius 2 is 2.10 bits per heavy atom. The van der Waals surface area contributed by atoms with E-state index in [2.05, 4.69) is 15.9 Å².